The van der Waals surface area contributed by atoms with E-state index in [4.69, 9.17) is 0 Å². The lowest BCUT2D eigenvalue weighted by Crippen LogP contribution is -2.26. The van der Waals surface area contributed by atoms with Gasteiger partial charge in [-0.05, 0) is 44.4 Å². The molecule has 8 heteroatoms. The molecule has 0 saturated carbocycles. The highest BCUT2D eigenvalue weighted by Gasteiger charge is 2.18. The molecule has 1 aliphatic heterocycles. The van der Waals surface area contributed by atoms with Gasteiger partial charge in [0.05, 0.1) is 17.7 Å². The van der Waals surface area contributed by atoms with E-state index in [-0.39, 0.29) is 18.1 Å². The van der Waals surface area contributed by atoms with Crippen LogP contribution in [-0.4, -0.2) is 36.7 Å². The molecular weight excluding hydrogens is 370 g/mol. The predicted octanol–water partition coefficient (Wildman–Crippen LogP) is 3.37. The molecule has 0 spiro atoms. The Labute approximate surface area is 169 Å². The lowest BCUT2D eigenvalue weighted by Gasteiger charge is -2.19. The summed E-state index contributed by atoms with van der Waals surface area (Å²) >= 11 is 0. The fraction of sp³-hybridized carbons (Fsp3) is 0.333. The SMILES string of the molecule is Cc1ccc(NCC(=O)NN=Cc2cc([N+](=O)[O-])ccc2N2CCCC2)c(C)c1. The lowest BCUT2D eigenvalue weighted by molar-refractivity contribution is -0.384. The highest BCUT2D eigenvalue weighted by atomic mass is 16.6. The average Bonchev–Trinajstić information content (AvgIpc) is 3.21. The summed E-state index contributed by atoms with van der Waals surface area (Å²) in [5.74, 6) is -0.297. The number of non-ortho nitro benzene ring substituents is 1. The number of hydrogen-bond acceptors (Lipinski definition) is 6. The monoisotopic (exact) mass is 395 g/mol. The number of hydrogen-bond donors (Lipinski definition) is 2. The van der Waals surface area contributed by atoms with Gasteiger partial charge in [-0.3, -0.25) is 14.9 Å². The summed E-state index contributed by atoms with van der Waals surface area (Å²) in [5, 5.41) is 18.2. The van der Waals surface area contributed by atoms with Gasteiger partial charge in [-0.1, -0.05) is 17.7 Å². The maximum Gasteiger partial charge on any atom is 0.270 e. The van der Waals surface area contributed by atoms with Crippen LogP contribution in [0.5, 0.6) is 0 Å². The first-order chi connectivity index (χ1) is 13.9. The molecule has 0 bridgehead atoms. The quantitative estimate of drug-likeness (QED) is 0.425. The van der Waals surface area contributed by atoms with Gasteiger partial charge in [-0.2, -0.15) is 5.10 Å². The molecule has 8 nitrogen and oxygen atoms in total. The number of rotatable bonds is 7. The summed E-state index contributed by atoms with van der Waals surface area (Å²) in [7, 11) is 0. The third kappa shape index (κ3) is 5.31. The van der Waals surface area contributed by atoms with E-state index in [9.17, 15) is 14.9 Å². The molecule has 1 fully saturated rings. The molecule has 0 radical (unpaired) electrons. The van der Waals surface area contributed by atoms with Gasteiger partial charge in [-0.25, -0.2) is 5.43 Å². The zero-order valence-electron chi connectivity index (χ0n) is 16.6. The van der Waals surface area contributed by atoms with Crippen LogP contribution in [0.25, 0.3) is 0 Å². The minimum Gasteiger partial charge on any atom is -0.376 e. The van der Waals surface area contributed by atoms with Gasteiger partial charge in [0.1, 0.15) is 0 Å². The second-order valence-corrected chi connectivity index (χ2v) is 7.16. The second kappa shape index (κ2) is 9.18. The smallest absolute Gasteiger partial charge is 0.270 e. The highest BCUT2D eigenvalue weighted by Crippen LogP contribution is 2.27. The normalized spacial score (nSPS) is 13.7. The first-order valence-corrected chi connectivity index (χ1v) is 9.60. The van der Waals surface area contributed by atoms with Crippen LogP contribution in [0, 0.1) is 24.0 Å². The standard InChI is InChI=1S/C21H25N5O3/c1-15-5-7-19(16(2)11-15)22-14-21(27)24-23-13-17-12-18(26(28)29)6-8-20(17)25-9-3-4-10-25/h5-8,11-13,22H,3-4,9-10,14H2,1-2H3,(H,24,27). The van der Waals surface area contributed by atoms with Crippen molar-refractivity contribution in [3.63, 3.8) is 0 Å². The third-order valence-corrected chi connectivity index (χ3v) is 4.88. The molecule has 0 unspecified atom stereocenters. The minimum atomic E-state index is -0.433. The molecule has 1 amide bonds. The zero-order chi connectivity index (χ0) is 20.8. The maximum absolute atomic E-state index is 12.1. The van der Waals surface area contributed by atoms with Crippen molar-refractivity contribution in [2.75, 3.05) is 29.9 Å². The van der Waals surface area contributed by atoms with Crippen LogP contribution in [0.15, 0.2) is 41.5 Å². The van der Waals surface area contributed by atoms with E-state index < -0.39 is 4.92 Å². The summed E-state index contributed by atoms with van der Waals surface area (Å²) in [6, 6.07) is 10.7. The number of nitro benzene ring substituents is 1. The first kappa shape index (κ1) is 20.3. The second-order valence-electron chi connectivity index (χ2n) is 7.16. The number of nitrogens with one attached hydrogen (secondary N) is 2. The first-order valence-electron chi connectivity index (χ1n) is 9.60. The molecule has 0 aliphatic carbocycles. The molecule has 152 valence electrons. The Morgan fingerprint density at radius 3 is 2.66 bits per heavy atom. The Hall–Kier alpha value is -3.42. The number of amides is 1. The van der Waals surface area contributed by atoms with Crippen molar-refractivity contribution in [2.24, 2.45) is 5.10 Å². The number of anilines is 2. The Balaban J connectivity index is 1.64. The summed E-state index contributed by atoms with van der Waals surface area (Å²) < 4.78 is 0. The number of carbonyl (C=O) groups excluding carboxylic acids is 1. The number of hydrazone groups is 1. The number of benzene rings is 2. The summed E-state index contributed by atoms with van der Waals surface area (Å²) in [5.41, 5.74) is 7.10. The predicted molar refractivity (Wildman–Crippen MR) is 115 cm³/mol. The molecule has 1 heterocycles. The molecule has 3 rings (SSSR count). The van der Waals surface area contributed by atoms with E-state index in [0.717, 1.165) is 48.4 Å². The van der Waals surface area contributed by atoms with Crippen molar-refractivity contribution in [2.45, 2.75) is 26.7 Å². The zero-order valence-corrected chi connectivity index (χ0v) is 16.6. The third-order valence-electron chi connectivity index (χ3n) is 4.88. The Kier molecular flexibility index (Phi) is 6.43. The van der Waals surface area contributed by atoms with Crippen molar-refractivity contribution in [1.29, 1.82) is 0 Å². The van der Waals surface area contributed by atoms with Gasteiger partial charge >= 0.3 is 0 Å². The molecule has 1 saturated heterocycles. The minimum absolute atomic E-state index is 0.00256. The van der Waals surface area contributed by atoms with Crippen LogP contribution >= 0.6 is 0 Å². The van der Waals surface area contributed by atoms with Crippen molar-refractivity contribution >= 4 is 29.2 Å². The van der Waals surface area contributed by atoms with Crippen molar-refractivity contribution in [3.05, 3.63) is 63.2 Å². The molecule has 2 aromatic carbocycles. The van der Waals surface area contributed by atoms with Crippen LogP contribution in [-0.2, 0) is 4.79 Å². The van der Waals surface area contributed by atoms with Crippen molar-refractivity contribution in [1.82, 2.24) is 5.43 Å². The van der Waals surface area contributed by atoms with Gasteiger partial charge in [0.25, 0.3) is 11.6 Å². The van der Waals surface area contributed by atoms with Gasteiger partial charge in [0, 0.05) is 42.2 Å². The summed E-state index contributed by atoms with van der Waals surface area (Å²) in [4.78, 5) is 24.9. The van der Waals surface area contributed by atoms with Gasteiger partial charge in [-0.15, -0.1) is 0 Å². The van der Waals surface area contributed by atoms with E-state index in [1.165, 1.54) is 18.3 Å². The lowest BCUT2D eigenvalue weighted by atomic mass is 10.1. The Bertz CT molecular complexity index is 936. The van der Waals surface area contributed by atoms with Crippen LogP contribution in [0.1, 0.15) is 29.5 Å². The number of carbonyl (C=O) groups is 1. The van der Waals surface area contributed by atoms with Crippen LogP contribution in [0.3, 0.4) is 0 Å². The van der Waals surface area contributed by atoms with E-state index in [0.29, 0.717) is 5.56 Å². The van der Waals surface area contributed by atoms with Crippen molar-refractivity contribution in [3.8, 4) is 0 Å². The maximum atomic E-state index is 12.1. The number of nitrogens with zero attached hydrogens (tertiary/aromatic N) is 3. The molecule has 2 aromatic rings. The fourth-order valence-corrected chi connectivity index (χ4v) is 3.41. The van der Waals surface area contributed by atoms with Crippen LogP contribution < -0.4 is 15.6 Å². The van der Waals surface area contributed by atoms with Crippen molar-refractivity contribution < 1.29 is 9.72 Å². The fourth-order valence-electron chi connectivity index (χ4n) is 3.41. The van der Waals surface area contributed by atoms with E-state index in [1.54, 1.807) is 6.07 Å². The topological polar surface area (TPSA) is 99.9 Å². The molecule has 2 N–H and O–H groups in total. The Morgan fingerprint density at radius 1 is 1.21 bits per heavy atom. The summed E-state index contributed by atoms with van der Waals surface area (Å²) in [6.45, 7) is 5.89. The van der Waals surface area contributed by atoms with Crippen LogP contribution in [0.2, 0.25) is 0 Å². The van der Waals surface area contributed by atoms with Crippen LogP contribution in [0.4, 0.5) is 17.1 Å². The number of nitro groups is 1. The molecule has 0 atom stereocenters. The van der Waals surface area contributed by atoms with Gasteiger partial charge in [0.15, 0.2) is 0 Å². The highest BCUT2D eigenvalue weighted by molar-refractivity contribution is 5.90. The average molecular weight is 395 g/mol. The summed E-state index contributed by atoms with van der Waals surface area (Å²) in [6.07, 6.45) is 3.65. The molecule has 1 aliphatic rings. The number of aryl methyl sites for hydroxylation is 2. The molecule has 29 heavy (non-hydrogen) atoms. The van der Waals surface area contributed by atoms with E-state index in [1.807, 2.05) is 32.0 Å². The van der Waals surface area contributed by atoms with Gasteiger partial charge in [0.2, 0.25) is 0 Å². The largest absolute Gasteiger partial charge is 0.376 e. The molecule has 0 aromatic heterocycles. The Morgan fingerprint density at radius 2 is 1.97 bits per heavy atom. The molecular formula is C21H25N5O3. The van der Waals surface area contributed by atoms with Gasteiger partial charge < -0.3 is 10.2 Å². The van der Waals surface area contributed by atoms with E-state index >= 15 is 0 Å². The van der Waals surface area contributed by atoms with E-state index in [2.05, 4.69) is 20.7 Å².